The molecule has 0 saturated carbocycles. The number of imide groups is 1. The second-order valence-electron chi connectivity index (χ2n) is 5.99. The number of amides is 2. The highest BCUT2D eigenvalue weighted by atomic mass is 32.2. The standard InChI is InChI=1S/C19H12N4O5S/c24-18-15(10-12-6-8-14(9-7-12)23(26)27)29-19(25)22(18)11-16-20-17(21-28-16)13-4-2-1-3-5-13/h1-10H,11H2. The maximum absolute atomic E-state index is 12.6. The molecule has 1 aromatic heterocycles. The van der Waals surface area contributed by atoms with Gasteiger partial charge in [0.1, 0.15) is 6.54 Å². The van der Waals surface area contributed by atoms with Gasteiger partial charge in [-0.3, -0.25) is 24.6 Å². The lowest BCUT2D eigenvalue weighted by atomic mass is 10.2. The number of benzene rings is 2. The predicted octanol–water partition coefficient (Wildman–Crippen LogP) is 3.88. The molecular formula is C19H12N4O5S. The third-order valence-corrected chi connectivity index (χ3v) is 4.98. The van der Waals surface area contributed by atoms with Gasteiger partial charge in [0.25, 0.3) is 16.8 Å². The number of carbonyl (C=O) groups is 2. The van der Waals surface area contributed by atoms with Gasteiger partial charge >= 0.3 is 0 Å². The average Bonchev–Trinajstić information content (AvgIpc) is 3.30. The molecule has 2 amide bonds. The van der Waals surface area contributed by atoms with Crippen LogP contribution >= 0.6 is 11.8 Å². The molecule has 1 aliphatic rings. The Hall–Kier alpha value is -3.79. The first-order valence-electron chi connectivity index (χ1n) is 8.39. The molecule has 0 N–H and O–H groups in total. The minimum absolute atomic E-state index is 0.0548. The summed E-state index contributed by atoms with van der Waals surface area (Å²) in [6, 6.07) is 14.9. The number of carbonyl (C=O) groups excluding carboxylic acids is 2. The van der Waals surface area contributed by atoms with Gasteiger partial charge in [0, 0.05) is 17.7 Å². The fraction of sp³-hybridized carbons (Fsp3) is 0.0526. The zero-order valence-corrected chi connectivity index (χ0v) is 15.5. The van der Waals surface area contributed by atoms with Crippen molar-refractivity contribution in [2.45, 2.75) is 6.54 Å². The van der Waals surface area contributed by atoms with E-state index in [1.807, 2.05) is 30.3 Å². The molecule has 0 aliphatic carbocycles. The largest absolute Gasteiger partial charge is 0.337 e. The van der Waals surface area contributed by atoms with Gasteiger partial charge in [0.05, 0.1) is 9.83 Å². The van der Waals surface area contributed by atoms with Gasteiger partial charge in [-0.25, -0.2) is 0 Å². The van der Waals surface area contributed by atoms with Crippen molar-refractivity contribution in [3.05, 3.63) is 81.1 Å². The van der Waals surface area contributed by atoms with Gasteiger partial charge in [0.2, 0.25) is 11.7 Å². The lowest BCUT2D eigenvalue weighted by Crippen LogP contribution is -2.27. The second-order valence-corrected chi connectivity index (χ2v) is 6.99. The Labute approximate surface area is 168 Å². The summed E-state index contributed by atoms with van der Waals surface area (Å²) >= 11 is 0.784. The Morgan fingerprint density at radius 2 is 1.83 bits per heavy atom. The number of non-ortho nitro benzene ring substituents is 1. The fourth-order valence-corrected chi connectivity index (χ4v) is 3.48. The van der Waals surface area contributed by atoms with Crippen molar-refractivity contribution in [2.75, 3.05) is 0 Å². The molecule has 0 bridgehead atoms. The summed E-state index contributed by atoms with van der Waals surface area (Å²) < 4.78 is 5.17. The lowest BCUT2D eigenvalue weighted by molar-refractivity contribution is -0.384. The minimum atomic E-state index is -0.508. The van der Waals surface area contributed by atoms with E-state index in [4.69, 9.17) is 4.52 Å². The lowest BCUT2D eigenvalue weighted by Gasteiger charge is -2.08. The van der Waals surface area contributed by atoms with E-state index in [2.05, 4.69) is 10.1 Å². The van der Waals surface area contributed by atoms with Crippen LogP contribution < -0.4 is 0 Å². The summed E-state index contributed by atoms with van der Waals surface area (Å²) in [6.45, 7) is -0.137. The fourth-order valence-electron chi connectivity index (χ4n) is 2.64. The van der Waals surface area contributed by atoms with Crippen LogP contribution in [0, 0.1) is 10.1 Å². The van der Waals surface area contributed by atoms with Crippen LogP contribution in [0.4, 0.5) is 10.5 Å². The van der Waals surface area contributed by atoms with Crippen LogP contribution in [-0.4, -0.2) is 31.1 Å². The van der Waals surface area contributed by atoms with Gasteiger partial charge in [-0.2, -0.15) is 4.98 Å². The summed E-state index contributed by atoms with van der Waals surface area (Å²) in [4.78, 5) is 40.5. The molecule has 3 aromatic rings. The molecule has 0 atom stereocenters. The van der Waals surface area contributed by atoms with E-state index in [1.165, 1.54) is 30.3 Å². The Bertz CT molecular complexity index is 1130. The van der Waals surface area contributed by atoms with E-state index in [-0.39, 0.29) is 23.0 Å². The number of aromatic nitrogens is 2. The van der Waals surface area contributed by atoms with Crippen LogP contribution in [-0.2, 0) is 11.3 Å². The van der Waals surface area contributed by atoms with Gasteiger partial charge < -0.3 is 4.52 Å². The Balaban J connectivity index is 1.50. The molecule has 10 heteroatoms. The van der Waals surface area contributed by atoms with Gasteiger partial charge in [0.15, 0.2) is 0 Å². The highest BCUT2D eigenvalue weighted by Crippen LogP contribution is 2.33. The van der Waals surface area contributed by atoms with Crippen molar-refractivity contribution in [1.29, 1.82) is 0 Å². The second kappa shape index (κ2) is 7.68. The SMILES string of the molecule is O=C1SC(=Cc2ccc([N+](=O)[O-])cc2)C(=O)N1Cc1nc(-c2ccccc2)no1. The molecule has 9 nitrogen and oxygen atoms in total. The van der Waals surface area contributed by atoms with Gasteiger partial charge in [-0.15, -0.1) is 0 Å². The maximum Gasteiger partial charge on any atom is 0.294 e. The maximum atomic E-state index is 12.6. The molecule has 1 aliphatic heterocycles. The van der Waals surface area contributed by atoms with Gasteiger partial charge in [-0.05, 0) is 35.5 Å². The van der Waals surface area contributed by atoms with E-state index in [0.717, 1.165) is 22.2 Å². The summed E-state index contributed by atoms with van der Waals surface area (Å²) in [5, 5.41) is 14.1. The minimum Gasteiger partial charge on any atom is -0.337 e. The van der Waals surface area contributed by atoms with E-state index in [0.29, 0.717) is 11.4 Å². The zero-order chi connectivity index (χ0) is 20.4. The molecule has 2 aromatic carbocycles. The number of thioether (sulfide) groups is 1. The van der Waals surface area contributed by atoms with E-state index in [9.17, 15) is 19.7 Å². The number of hydrogen-bond acceptors (Lipinski definition) is 8. The van der Waals surface area contributed by atoms with Crippen LogP contribution in [0.3, 0.4) is 0 Å². The normalized spacial score (nSPS) is 15.3. The topological polar surface area (TPSA) is 119 Å². The van der Waals surface area contributed by atoms with Crippen LogP contribution in [0.2, 0.25) is 0 Å². The van der Waals surface area contributed by atoms with Crippen LogP contribution in [0.5, 0.6) is 0 Å². The highest BCUT2D eigenvalue weighted by Gasteiger charge is 2.36. The van der Waals surface area contributed by atoms with Crippen molar-refractivity contribution in [1.82, 2.24) is 15.0 Å². The monoisotopic (exact) mass is 408 g/mol. The van der Waals surface area contributed by atoms with Crippen LogP contribution in [0.1, 0.15) is 11.5 Å². The van der Waals surface area contributed by atoms with Crippen molar-refractivity contribution < 1.29 is 19.0 Å². The zero-order valence-electron chi connectivity index (χ0n) is 14.7. The molecule has 1 fully saturated rings. The van der Waals surface area contributed by atoms with E-state index >= 15 is 0 Å². The number of hydrogen-bond donors (Lipinski definition) is 0. The first-order valence-corrected chi connectivity index (χ1v) is 9.21. The number of nitro groups is 1. The summed E-state index contributed by atoms with van der Waals surface area (Å²) in [6.07, 6.45) is 1.51. The summed E-state index contributed by atoms with van der Waals surface area (Å²) in [5.74, 6) is 0.0227. The molecular weight excluding hydrogens is 396 g/mol. The van der Waals surface area contributed by atoms with Crippen LogP contribution in [0.25, 0.3) is 17.5 Å². The third-order valence-electron chi connectivity index (χ3n) is 4.07. The Kier molecular flexibility index (Phi) is 4.92. The average molecular weight is 408 g/mol. The Morgan fingerprint density at radius 1 is 1.10 bits per heavy atom. The molecule has 144 valence electrons. The quantitative estimate of drug-likeness (QED) is 0.354. The van der Waals surface area contributed by atoms with E-state index in [1.54, 1.807) is 0 Å². The van der Waals surface area contributed by atoms with Crippen LogP contribution in [0.15, 0.2) is 64.0 Å². The smallest absolute Gasteiger partial charge is 0.294 e. The molecule has 1 saturated heterocycles. The first kappa shape index (κ1) is 18.6. The van der Waals surface area contributed by atoms with Crippen molar-refractivity contribution in [2.24, 2.45) is 0 Å². The first-order chi connectivity index (χ1) is 14.0. The van der Waals surface area contributed by atoms with Crippen molar-refractivity contribution in [3.63, 3.8) is 0 Å². The van der Waals surface area contributed by atoms with Gasteiger partial charge in [-0.1, -0.05) is 35.5 Å². The summed E-state index contributed by atoms with van der Waals surface area (Å²) in [7, 11) is 0. The van der Waals surface area contributed by atoms with Crippen molar-refractivity contribution >= 4 is 34.7 Å². The predicted molar refractivity (Wildman–Crippen MR) is 104 cm³/mol. The van der Waals surface area contributed by atoms with Crippen molar-refractivity contribution in [3.8, 4) is 11.4 Å². The number of nitro benzene ring substituents is 1. The number of nitrogens with zero attached hydrogens (tertiary/aromatic N) is 4. The number of rotatable bonds is 5. The molecule has 4 rings (SSSR count). The molecule has 0 unspecified atom stereocenters. The summed E-state index contributed by atoms with van der Waals surface area (Å²) in [5.41, 5.74) is 1.28. The molecule has 29 heavy (non-hydrogen) atoms. The Morgan fingerprint density at radius 3 is 2.52 bits per heavy atom. The highest BCUT2D eigenvalue weighted by molar-refractivity contribution is 8.18. The molecule has 0 spiro atoms. The molecule has 0 radical (unpaired) electrons. The molecule has 2 heterocycles. The third kappa shape index (κ3) is 3.92. The van der Waals surface area contributed by atoms with E-state index < -0.39 is 16.1 Å².